The highest BCUT2D eigenvalue weighted by atomic mass is 32.2. The van der Waals surface area contributed by atoms with Gasteiger partial charge in [0.05, 0.1) is 11.5 Å². The predicted molar refractivity (Wildman–Crippen MR) is 76.0 cm³/mol. The van der Waals surface area contributed by atoms with Crippen molar-refractivity contribution in [3.63, 3.8) is 0 Å². The number of aromatic hydroxyl groups is 1. The molecule has 106 valence electrons. The van der Waals surface area contributed by atoms with Crippen LogP contribution in [0.1, 0.15) is 37.8 Å². The van der Waals surface area contributed by atoms with Crippen molar-refractivity contribution < 1.29 is 13.5 Å². The second-order valence-electron chi connectivity index (χ2n) is 5.11. The molecule has 19 heavy (non-hydrogen) atoms. The van der Waals surface area contributed by atoms with Crippen molar-refractivity contribution in [1.82, 2.24) is 5.32 Å². The number of phenolic OH excluding ortho intramolecular Hbond substituents is 1. The van der Waals surface area contributed by atoms with Gasteiger partial charge in [0.1, 0.15) is 15.6 Å². The molecule has 0 bridgehead atoms. The second kappa shape index (κ2) is 5.92. The molecule has 1 saturated heterocycles. The summed E-state index contributed by atoms with van der Waals surface area (Å²) in [6.45, 7) is 2.06. The third-order valence-electron chi connectivity index (χ3n) is 3.71. The molecule has 0 radical (unpaired) electrons. The van der Waals surface area contributed by atoms with Gasteiger partial charge in [-0.3, -0.25) is 0 Å². The molecule has 1 unspecified atom stereocenters. The van der Waals surface area contributed by atoms with Gasteiger partial charge in [-0.25, -0.2) is 8.42 Å². The summed E-state index contributed by atoms with van der Waals surface area (Å²) in [4.78, 5) is 0. The Kier molecular flexibility index (Phi) is 4.47. The lowest BCUT2D eigenvalue weighted by Crippen LogP contribution is -2.39. The van der Waals surface area contributed by atoms with Gasteiger partial charge >= 0.3 is 0 Å². The number of benzene rings is 1. The van der Waals surface area contributed by atoms with Crippen molar-refractivity contribution in [2.45, 2.75) is 38.3 Å². The van der Waals surface area contributed by atoms with Gasteiger partial charge in [0, 0.05) is 17.6 Å². The van der Waals surface area contributed by atoms with E-state index in [-0.39, 0.29) is 23.6 Å². The minimum Gasteiger partial charge on any atom is -0.508 e. The first kappa shape index (κ1) is 14.3. The van der Waals surface area contributed by atoms with E-state index in [9.17, 15) is 13.5 Å². The molecule has 0 aliphatic carbocycles. The smallest absolute Gasteiger partial charge is 0.150 e. The quantitative estimate of drug-likeness (QED) is 0.887. The van der Waals surface area contributed by atoms with Crippen LogP contribution in [0.25, 0.3) is 0 Å². The van der Waals surface area contributed by atoms with E-state index in [1.807, 2.05) is 12.1 Å². The maximum absolute atomic E-state index is 11.4. The second-order valence-corrected chi connectivity index (χ2v) is 7.42. The molecule has 1 heterocycles. The molecular weight excluding hydrogens is 262 g/mol. The summed E-state index contributed by atoms with van der Waals surface area (Å²) in [5, 5.41) is 13.4. The van der Waals surface area contributed by atoms with Crippen molar-refractivity contribution in [2.24, 2.45) is 0 Å². The fraction of sp³-hybridized carbons (Fsp3) is 0.571. The fourth-order valence-electron chi connectivity index (χ4n) is 2.55. The van der Waals surface area contributed by atoms with Crippen LogP contribution < -0.4 is 5.32 Å². The van der Waals surface area contributed by atoms with Crippen molar-refractivity contribution >= 4 is 9.84 Å². The van der Waals surface area contributed by atoms with Crippen LogP contribution in [0, 0.1) is 0 Å². The molecule has 2 N–H and O–H groups in total. The summed E-state index contributed by atoms with van der Waals surface area (Å²) in [6.07, 6.45) is 2.18. The van der Waals surface area contributed by atoms with Crippen molar-refractivity contribution in [3.05, 3.63) is 29.8 Å². The van der Waals surface area contributed by atoms with Crippen LogP contribution in [0.5, 0.6) is 5.75 Å². The lowest BCUT2D eigenvalue weighted by molar-refractivity contribution is 0.383. The topological polar surface area (TPSA) is 66.4 Å². The van der Waals surface area contributed by atoms with Crippen LogP contribution >= 0.6 is 0 Å². The first-order valence-corrected chi connectivity index (χ1v) is 8.58. The number of phenols is 1. The van der Waals surface area contributed by atoms with E-state index < -0.39 is 9.84 Å². The summed E-state index contributed by atoms with van der Waals surface area (Å²) in [7, 11) is -2.82. The van der Waals surface area contributed by atoms with E-state index in [0.29, 0.717) is 18.6 Å². The van der Waals surface area contributed by atoms with Crippen LogP contribution in [-0.2, 0) is 9.84 Å². The molecule has 0 spiro atoms. The average molecular weight is 283 g/mol. The number of nitrogens with one attached hydrogen (secondary N) is 1. The lowest BCUT2D eigenvalue weighted by Gasteiger charge is -2.28. The SMILES string of the molecule is CCC(NC1CCS(=O)(=O)CC1)c1ccccc1O. The van der Waals surface area contributed by atoms with Gasteiger partial charge in [0.2, 0.25) is 0 Å². The molecule has 1 aliphatic heterocycles. The Morgan fingerprint density at radius 2 is 1.95 bits per heavy atom. The van der Waals surface area contributed by atoms with Gasteiger partial charge in [-0.1, -0.05) is 25.1 Å². The Bertz CT molecular complexity index is 513. The molecule has 5 heteroatoms. The number of hydrogen-bond acceptors (Lipinski definition) is 4. The summed E-state index contributed by atoms with van der Waals surface area (Å²) in [5.41, 5.74) is 0.887. The highest BCUT2D eigenvalue weighted by Gasteiger charge is 2.25. The maximum Gasteiger partial charge on any atom is 0.150 e. The number of hydrogen-bond donors (Lipinski definition) is 2. The number of para-hydroxylation sites is 1. The highest BCUT2D eigenvalue weighted by Crippen LogP contribution is 2.27. The maximum atomic E-state index is 11.4. The first-order chi connectivity index (χ1) is 9.02. The summed E-state index contributed by atoms with van der Waals surface area (Å²) >= 11 is 0. The first-order valence-electron chi connectivity index (χ1n) is 6.76. The molecule has 2 rings (SSSR count). The standard InChI is InChI=1S/C14H21NO3S/c1-2-13(12-5-3-4-6-14(12)16)15-11-7-9-19(17,18)10-8-11/h3-6,11,13,15-16H,2,7-10H2,1H3. The molecule has 1 aliphatic rings. The van der Waals surface area contributed by atoms with Gasteiger partial charge in [0.25, 0.3) is 0 Å². The van der Waals surface area contributed by atoms with Crippen LogP contribution in [-0.4, -0.2) is 31.1 Å². The fourth-order valence-corrected chi connectivity index (χ4v) is 4.04. The molecular formula is C14H21NO3S. The molecule has 1 aromatic carbocycles. The van der Waals surface area contributed by atoms with Crippen molar-refractivity contribution in [3.8, 4) is 5.75 Å². The van der Waals surface area contributed by atoms with Crippen LogP contribution in [0.2, 0.25) is 0 Å². The summed E-state index contributed by atoms with van der Waals surface area (Å²) in [6, 6.07) is 7.60. The average Bonchev–Trinajstić information content (AvgIpc) is 2.39. The zero-order valence-electron chi connectivity index (χ0n) is 11.2. The van der Waals surface area contributed by atoms with Crippen molar-refractivity contribution in [2.75, 3.05) is 11.5 Å². The Hall–Kier alpha value is -1.07. The third-order valence-corrected chi connectivity index (χ3v) is 5.43. The van der Waals surface area contributed by atoms with Gasteiger partial charge in [-0.2, -0.15) is 0 Å². The monoisotopic (exact) mass is 283 g/mol. The molecule has 0 saturated carbocycles. The molecule has 4 nitrogen and oxygen atoms in total. The van der Waals surface area contributed by atoms with E-state index in [1.165, 1.54) is 0 Å². The molecule has 1 aromatic rings. The minimum atomic E-state index is -2.82. The lowest BCUT2D eigenvalue weighted by atomic mass is 10.0. The Balaban J connectivity index is 2.03. The van der Waals surface area contributed by atoms with Gasteiger partial charge in [-0.05, 0) is 25.3 Å². The van der Waals surface area contributed by atoms with E-state index in [0.717, 1.165) is 12.0 Å². The number of rotatable bonds is 4. The normalized spacial score (nSPS) is 21.1. The molecule has 1 fully saturated rings. The van der Waals surface area contributed by atoms with E-state index in [2.05, 4.69) is 12.2 Å². The summed E-state index contributed by atoms with van der Waals surface area (Å²) < 4.78 is 22.8. The van der Waals surface area contributed by atoms with Crippen LogP contribution in [0.4, 0.5) is 0 Å². The Morgan fingerprint density at radius 3 is 2.53 bits per heavy atom. The highest BCUT2D eigenvalue weighted by molar-refractivity contribution is 7.91. The zero-order chi connectivity index (χ0) is 13.9. The number of sulfone groups is 1. The molecule has 0 aromatic heterocycles. The minimum absolute atomic E-state index is 0.0759. The van der Waals surface area contributed by atoms with Gasteiger partial charge in [0.15, 0.2) is 0 Å². The van der Waals surface area contributed by atoms with E-state index in [1.54, 1.807) is 12.1 Å². The Labute approximate surface area is 114 Å². The van der Waals surface area contributed by atoms with E-state index in [4.69, 9.17) is 0 Å². The largest absolute Gasteiger partial charge is 0.508 e. The van der Waals surface area contributed by atoms with Crippen LogP contribution in [0.15, 0.2) is 24.3 Å². The summed E-state index contributed by atoms with van der Waals surface area (Å²) in [5.74, 6) is 0.828. The molecule has 0 amide bonds. The third kappa shape index (κ3) is 3.70. The van der Waals surface area contributed by atoms with Gasteiger partial charge < -0.3 is 10.4 Å². The van der Waals surface area contributed by atoms with Crippen molar-refractivity contribution in [1.29, 1.82) is 0 Å². The van der Waals surface area contributed by atoms with Gasteiger partial charge in [-0.15, -0.1) is 0 Å². The van der Waals surface area contributed by atoms with Crippen LogP contribution in [0.3, 0.4) is 0 Å². The zero-order valence-corrected chi connectivity index (χ0v) is 12.0. The van der Waals surface area contributed by atoms with E-state index >= 15 is 0 Å². The predicted octanol–water partition coefficient (Wildman–Crippen LogP) is 2.01. The Morgan fingerprint density at radius 1 is 1.32 bits per heavy atom. The molecule has 1 atom stereocenters.